The number of hydrogen-bond acceptors (Lipinski definition) is 4. The molecule has 1 aromatic carbocycles. The molecule has 1 aliphatic heterocycles. The molecule has 1 fully saturated rings. The van der Waals surface area contributed by atoms with Crippen LogP contribution >= 0.6 is 0 Å². The maximum Gasteiger partial charge on any atom is 0.573 e. The van der Waals surface area contributed by atoms with Gasteiger partial charge in [-0.1, -0.05) is 12.1 Å². The lowest BCUT2D eigenvalue weighted by atomic mass is 10.0. The maximum atomic E-state index is 12.3. The fourth-order valence-corrected chi connectivity index (χ4v) is 2.61. The minimum atomic E-state index is -4.71. The highest BCUT2D eigenvalue weighted by Gasteiger charge is 2.31. The van der Waals surface area contributed by atoms with E-state index in [2.05, 4.69) is 10.1 Å². The molecule has 0 saturated carbocycles. The molecule has 8 heteroatoms. The van der Waals surface area contributed by atoms with Crippen LogP contribution in [0, 0.1) is 0 Å². The van der Waals surface area contributed by atoms with Gasteiger partial charge in [-0.25, -0.2) is 4.79 Å². The second kappa shape index (κ2) is 7.51. The normalized spacial score (nSPS) is 18.8. The molecule has 0 radical (unpaired) electrons. The molecule has 140 valence electrons. The van der Waals surface area contributed by atoms with Gasteiger partial charge in [0.25, 0.3) is 0 Å². The second-order valence-electron chi connectivity index (χ2n) is 6.98. The molecule has 1 heterocycles. The molecule has 0 aliphatic carbocycles. The largest absolute Gasteiger partial charge is 0.573 e. The maximum absolute atomic E-state index is 12.3. The molecule has 1 saturated heterocycles. The summed E-state index contributed by atoms with van der Waals surface area (Å²) in [6, 6.07) is 5.81. The SMILES string of the molecule is CC(C)(C)OC(=O)N1CCN[C@@H](Cc2cccc(OC(F)(F)F)c2)C1. The zero-order valence-corrected chi connectivity index (χ0v) is 14.5. The predicted octanol–water partition coefficient (Wildman–Crippen LogP) is 3.34. The van der Waals surface area contributed by atoms with Crippen LogP contribution in [-0.4, -0.2) is 48.6 Å². The van der Waals surface area contributed by atoms with Crippen LogP contribution in [0.25, 0.3) is 0 Å². The van der Waals surface area contributed by atoms with Crippen molar-refractivity contribution in [2.45, 2.75) is 45.2 Å². The molecule has 1 aromatic rings. The Kier molecular flexibility index (Phi) is 5.82. The van der Waals surface area contributed by atoms with Crippen LogP contribution in [0.3, 0.4) is 0 Å². The first-order valence-corrected chi connectivity index (χ1v) is 8.08. The number of nitrogens with zero attached hydrogens (tertiary/aromatic N) is 1. The van der Waals surface area contributed by atoms with E-state index in [1.165, 1.54) is 18.2 Å². The van der Waals surface area contributed by atoms with E-state index in [-0.39, 0.29) is 17.9 Å². The van der Waals surface area contributed by atoms with Crippen molar-refractivity contribution < 1.29 is 27.4 Å². The van der Waals surface area contributed by atoms with Gasteiger partial charge in [-0.05, 0) is 44.9 Å². The zero-order valence-electron chi connectivity index (χ0n) is 14.5. The summed E-state index contributed by atoms with van der Waals surface area (Å²) in [6.07, 6.45) is -4.61. The molecular weight excluding hydrogens is 337 g/mol. The van der Waals surface area contributed by atoms with Crippen molar-refractivity contribution in [3.05, 3.63) is 29.8 Å². The first kappa shape index (κ1) is 19.4. The van der Waals surface area contributed by atoms with Crippen molar-refractivity contribution >= 4 is 6.09 Å². The zero-order chi connectivity index (χ0) is 18.7. The standard InChI is InChI=1S/C17H23F3N2O3/c1-16(2,3)25-15(23)22-8-7-21-13(11-22)9-12-5-4-6-14(10-12)24-17(18,19)20/h4-6,10,13,21H,7-9,11H2,1-3H3/t13-/m0/s1. The Morgan fingerprint density at radius 3 is 2.68 bits per heavy atom. The molecule has 0 bridgehead atoms. The smallest absolute Gasteiger partial charge is 0.444 e. The average Bonchev–Trinajstić information content (AvgIpc) is 2.44. The number of nitrogens with one attached hydrogen (secondary N) is 1. The third-order valence-electron chi connectivity index (χ3n) is 3.52. The van der Waals surface area contributed by atoms with Crippen molar-refractivity contribution in [2.75, 3.05) is 19.6 Å². The highest BCUT2D eigenvalue weighted by molar-refractivity contribution is 5.68. The number of carbonyl (C=O) groups is 1. The van der Waals surface area contributed by atoms with E-state index >= 15 is 0 Å². The topological polar surface area (TPSA) is 50.8 Å². The molecular formula is C17H23F3N2O3. The number of halogens is 3. The Labute approximate surface area is 145 Å². The summed E-state index contributed by atoms with van der Waals surface area (Å²) in [4.78, 5) is 13.8. The van der Waals surface area contributed by atoms with Crippen LogP contribution in [0.5, 0.6) is 5.75 Å². The Bertz CT molecular complexity index is 600. The van der Waals surface area contributed by atoms with E-state index in [1.54, 1.807) is 31.7 Å². The predicted molar refractivity (Wildman–Crippen MR) is 86.4 cm³/mol. The van der Waals surface area contributed by atoms with Gasteiger partial charge in [0.1, 0.15) is 11.4 Å². The van der Waals surface area contributed by atoms with Gasteiger partial charge in [0.2, 0.25) is 0 Å². The van der Waals surface area contributed by atoms with E-state index in [9.17, 15) is 18.0 Å². The van der Waals surface area contributed by atoms with E-state index in [0.29, 0.717) is 31.6 Å². The Balaban J connectivity index is 1.96. The number of rotatable bonds is 3. The minimum absolute atomic E-state index is 0.0672. The first-order valence-electron chi connectivity index (χ1n) is 8.08. The monoisotopic (exact) mass is 360 g/mol. The summed E-state index contributed by atoms with van der Waals surface area (Å²) >= 11 is 0. The van der Waals surface area contributed by atoms with E-state index < -0.39 is 12.0 Å². The quantitative estimate of drug-likeness (QED) is 0.898. The first-order chi connectivity index (χ1) is 11.5. The van der Waals surface area contributed by atoms with E-state index in [0.717, 1.165) is 0 Å². The van der Waals surface area contributed by atoms with Gasteiger partial charge in [0.05, 0.1) is 0 Å². The number of amides is 1. The highest BCUT2D eigenvalue weighted by Crippen LogP contribution is 2.24. The van der Waals surface area contributed by atoms with Gasteiger partial charge in [-0.3, -0.25) is 0 Å². The molecule has 1 atom stereocenters. The molecule has 0 unspecified atom stereocenters. The van der Waals surface area contributed by atoms with Crippen LogP contribution in [-0.2, 0) is 11.2 Å². The summed E-state index contributed by atoms with van der Waals surface area (Å²) in [6.45, 7) is 6.97. The number of piperazine rings is 1. The summed E-state index contributed by atoms with van der Waals surface area (Å²) in [5, 5.41) is 3.27. The molecule has 25 heavy (non-hydrogen) atoms. The van der Waals surface area contributed by atoms with Gasteiger partial charge >= 0.3 is 12.5 Å². The molecule has 1 aliphatic rings. The van der Waals surface area contributed by atoms with Gasteiger partial charge in [-0.2, -0.15) is 0 Å². The lowest BCUT2D eigenvalue weighted by Crippen LogP contribution is -2.54. The van der Waals surface area contributed by atoms with Crippen molar-refractivity contribution in [3.63, 3.8) is 0 Å². The molecule has 2 rings (SSSR count). The Morgan fingerprint density at radius 1 is 1.32 bits per heavy atom. The molecule has 5 nitrogen and oxygen atoms in total. The summed E-state index contributed by atoms with van der Waals surface area (Å²) in [5.74, 6) is -0.246. The lowest BCUT2D eigenvalue weighted by Gasteiger charge is -2.35. The number of benzene rings is 1. The van der Waals surface area contributed by atoms with Crippen molar-refractivity contribution in [1.29, 1.82) is 0 Å². The van der Waals surface area contributed by atoms with Crippen LogP contribution < -0.4 is 10.1 Å². The van der Waals surface area contributed by atoms with Crippen LogP contribution in [0.15, 0.2) is 24.3 Å². The highest BCUT2D eigenvalue weighted by atomic mass is 19.4. The molecule has 0 spiro atoms. The fourth-order valence-electron chi connectivity index (χ4n) is 2.61. The van der Waals surface area contributed by atoms with Gasteiger partial charge < -0.3 is 19.7 Å². The van der Waals surface area contributed by atoms with Crippen LogP contribution in [0.2, 0.25) is 0 Å². The van der Waals surface area contributed by atoms with Crippen molar-refractivity contribution in [3.8, 4) is 5.75 Å². The lowest BCUT2D eigenvalue weighted by molar-refractivity contribution is -0.274. The van der Waals surface area contributed by atoms with E-state index in [1.807, 2.05) is 0 Å². The summed E-state index contributed by atoms with van der Waals surface area (Å²) < 4.78 is 46.2. The van der Waals surface area contributed by atoms with Gasteiger partial charge in [-0.15, -0.1) is 13.2 Å². The number of ether oxygens (including phenoxy) is 2. The van der Waals surface area contributed by atoms with Crippen LogP contribution in [0.1, 0.15) is 26.3 Å². The van der Waals surface area contributed by atoms with Crippen molar-refractivity contribution in [2.24, 2.45) is 0 Å². The average molecular weight is 360 g/mol. The summed E-state index contributed by atoms with van der Waals surface area (Å²) in [5.41, 5.74) is 0.131. The van der Waals surface area contributed by atoms with Crippen molar-refractivity contribution in [1.82, 2.24) is 10.2 Å². The molecule has 1 amide bonds. The Morgan fingerprint density at radius 2 is 2.04 bits per heavy atom. The number of carbonyl (C=O) groups excluding carboxylic acids is 1. The Hall–Kier alpha value is -1.96. The summed E-state index contributed by atoms with van der Waals surface area (Å²) in [7, 11) is 0. The minimum Gasteiger partial charge on any atom is -0.444 e. The number of alkyl halides is 3. The van der Waals surface area contributed by atoms with Gasteiger partial charge in [0.15, 0.2) is 0 Å². The molecule has 1 N–H and O–H groups in total. The third-order valence-corrected chi connectivity index (χ3v) is 3.52. The second-order valence-corrected chi connectivity index (χ2v) is 6.98. The van der Waals surface area contributed by atoms with Gasteiger partial charge in [0, 0.05) is 25.7 Å². The van der Waals surface area contributed by atoms with E-state index in [4.69, 9.17) is 4.74 Å². The number of hydrogen-bond donors (Lipinski definition) is 1. The molecule has 0 aromatic heterocycles. The van der Waals surface area contributed by atoms with Crippen LogP contribution in [0.4, 0.5) is 18.0 Å². The third kappa shape index (κ3) is 6.81. The fraction of sp³-hybridized carbons (Fsp3) is 0.588.